The fraction of sp³-hybridized carbons (Fsp3) is 0. The van der Waals surface area contributed by atoms with Crippen LogP contribution in [0.15, 0.2) is 0 Å². The maximum atomic E-state index is 8.36. The quantitative estimate of drug-likeness (QED) is 0.351. The van der Waals surface area contributed by atoms with Crippen LogP contribution in [0.4, 0.5) is 0 Å². The van der Waals surface area contributed by atoms with Crippen molar-refractivity contribution in [2.75, 3.05) is 0 Å². The summed E-state index contributed by atoms with van der Waals surface area (Å²) in [4.78, 5) is 8.36. The Morgan fingerprint density at radius 2 is 1.17 bits per heavy atom. The fourth-order valence-corrected chi connectivity index (χ4v) is 0. The van der Waals surface area contributed by atoms with Crippen LogP contribution in [0.5, 0.6) is 0 Å². The molecule has 0 amide bonds. The summed E-state index contributed by atoms with van der Waals surface area (Å²) in [6.45, 7) is -0.250. The van der Waals surface area contributed by atoms with Gasteiger partial charge in [0, 0.05) is 154 Å². The van der Waals surface area contributed by atoms with Crippen molar-refractivity contribution in [3.8, 4) is 0 Å². The second kappa shape index (κ2) is 22.8. The first-order chi connectivity index (χ1) is 1.41. The van der Waals surface area contributed by atoms with Crippen molar-refractivity contribution in [1.29, 1.82) is 0 Å². The first kappa shape index (κ1) is 22.4. The van der Waals surface area contributed by atoms with Crippen LogP contribution >= 0.6 is 0 Å². The third-order valence-electron chi connectivity index (χ3n) is 0. The summed E-state index contributed by atoms with van der Waals surface area (Å²) in [6.07, 6.45) is 0. The van der Waals surface area contributed by atoms with E-state index in [-0.39, 0.29) is 161 Å². The van der Waals surface area contributed by atoms with E-state index in [1.807, 2.05) is 0 Å². The first-order valence-electron chi connectivity index (χ1n) is 0.494. The van der Waals surface area contributed by atoms with Gasteiger partial charge in [0.1, 0.15) is 0 Å². The molecule has 0 spiro atoms. The van der Waals surface area contributed by atoms with Gasteiger partial charge in [-0.2, -0.15) is 0 Å². The molecule has 1 N–H and O–H groups in total. The van der Waals surface area contributed by atoms with E-state index < -0.39 is 0 Å². The van der Waals surface area contributed by atoms with Crippen molar-refractivity contribution >= 4 is 161 Å². The van der Waals surface area contributed by atoms with Gasteiger partial charge < -0.3 is 5.11 Å². The summed E-state index contributed by atoms with van der Waals surface area (Å²) in [5.74, 6) is 0. The Balaban J connectivity index is -0.00000000667. The van der Waals surface area contributed by atoms with Crippen LogP contribution in [-0.2, 0) is 4.79 Å². The molecule has 5 heteroatoms. The van der Waals surface area contributed by atoms with Gasteiger partial charge in [-0.15, -0.1) is 0 Å². The van der Waals surface area contributed by atoms with Crippen LogP contribution < -0.4 is 0 Å². The van der Waals surface area contributed by atoms with Gasteiger partial charge in [-0.25, -0.2) is 0 Å². The van der Waals surface area contributed by atoms with Gasteiger partial charge in [0.15, 0.2) is 0 Å². The van der Waals surface area contributed by atoms with E-state index >= 15 is 0 Å². The Hall–Kier alpha value is 4.38. The molecule has 6 heavy (non-hydrogen) atoms. The van der Waals surface area contributed by atoms with E-state index in [9.17, 15) is 0 Å². The SMILES string of the molecule is O=CO.[K].[K].[K]. The van der Waals surface area contributed by atoms with Gasteiger partial charge in [0.2, 0.25) is 0 Å². The fourth-order valence-electron chi connectivity index (χ4n) is 0. The van der Waals surface area contributed by atoms with Crippen LogP contribution in [0.1, 0.15) is 0 Å². The zero-order valence-corrected chi connectivity index (χ0v) is 13.8. The maximum Gasteiger partial charge on any atom is 0.290 e. The van der Waals surface area contributed by atoms with Crippen molar-refractivity contribution in [3.63, 3.8) is 0 Å². The predicted octanol–water partition coefficient (Wildman–Crippen LogP) is -1.44. The van der Waals surface area contributed by atoms with Gasteiger partial charge in [-0.3, -0.25) is 4.79 Å². The van der Waals surface area contributed by atoms with Gasteiger partial charge in [0.25, 0.3) is 6.47 Å². The monoisotopic (exact) mass is 163 g/mol. The number of rotatable bonds is 0. The Morgan fingerprint density at radius 3 is 1.17 bits per heavy atom. The second-order valence-corrected chi connectivity index (χ2v) is 0.105. The Morgan fingerprint density at radius 1 is 1.17 bits per heavy atom. The molecular weight excluding hydrogens is 161 g/mol. The molecule has 0 atom stereocenters. The van der Waals surface area contributed by atoms with E-state index in [1.165, 1.54) is 0 Å². The smallest absolute Gasteiger partial charge is 0.290 e. The Kier molecular flexibility index (Phi) is 85.1. The van der Waals surface area contributed by atoms with E-state index in [0.29, 0.717) is 0 Å². The molecule has 0 saturated heterocycles. The van der Waals surface area contributed by atoms with Crippen molar-refractivity contribution in [1.82, 2.24) is 0 Å². The first-order valence-corrected chi connectivity index (χ1v) is 0.494. The Labute approximate surface area is 164 Å². The topological polar surface area (TPSA) is 37.3 Å². The van der Waals surface area contributed by atoms with E-state index in [2.05, 4.69) is 0 Å². The summed E-state index contributed by atoms with van der Waals surface area (Å²) >= 11 is 0. The molecule has 0 aromatic carbocycles. The molecule has 0 rings (SSSR count). The number of carboxylic acid groups (broad SMARTS) is 1. The molecule has 0 aromatic heterocycles. The molecule has 0 aliphatic rings. The summed E-state index contributed by atoms with van der Waals surface area (Å²) in [5.41, 5.74) is 0. The van der Waals surface area contributed by atoms with Crippen LogP contribution in [-0.4, -0.2) is 166 Å². The van der Waals surface area contributed by atoms with Gasteiger partial charge >= 0.3 is 0 Å². The van der Waals surface area contributed by atoms with E-state index in [0.717, 1.165) is 0 Å². The van der Waals surface area contributed by atoms with Gasteiger partial charge in [-0.1, -0.05) is 0 Å². The zero-order chi connectivity index (χ0) is 2.71. The van der Waals surface area contributed by atoms with Crippen molar-refractivity contribution in [2.45, 2.75) is 0 Å². The molecule has 21 valence electrons. The molecule has 0 saturated carbocycles. The molecule has 0 aliphatic heterocycles. The average molecular weight is 163 g/mol. The molecule has 0 unspecified atom stereocenters. The molecule has 0 bridgehead atoms. The standard InChI is InChI=1S/CH2O2.3K/c2-1-3;;;/h1H,(H,2,3);;;. The number of hydrogen-bond donors (Lipinski definition) is 1. The minimum absolute atomic E-state index is 0. The predicted molar refractivity (Wildman–Crippen MR) is 26.0 cm³/mol. The van der Waals surface area contributed by atoms with Crippen molar-refractivity contribution < 1.29 is 9.90 Å². The largest absolute Gasteiger partial charge is 0.483 e. The van der Waals surface area contributed by atoms with Gasteiger partial charge in [0.05, 0.1) is 0 Å². The summed E-state index contributed by atoms with van der Waals surface area (Å²) in [5, 5.41) is 6.89. The van der Waals surface area contributed by atoms with E-state index in [4.69, 9.17) is 9.90 Å². The minimum atomic E-state index is -0.250. The third kappa shape index (κ3) is 23.8. The summed E-state index contributed by atoms with van der Waals surface area (Å²) in [7, 11) is 0. The third-order valence-corrected chi connectivity index (χ3v) is 0. The molecule has 3 radical (unpaired) electrons. The normalized spacial score (nSPS) is 2.00. The molecule has 0 aliphatic carbocycles. The van der Waals surface area contributed by atoms with Crippen molar-refractivity contribution in [2.24, 2.45) is 0 Å². The van der Waals surface area contributed by atoms with Gasteiger partial charge in [-0.05, 0) is 0 Å². The average Bonchev–Trinajstić information content (AvgIpc) is 0.918. The van der Waals surface area contributed by atoms with Crippen LogP contribution in [0.2, 0.25) is 0 Å². The molecule has 0 heterocycles. The second-order valence-electron chi connectivity index (χ2n) is 0.105. The minimum Gasteiger partial charge on any atom is -0.483 e. The number of hydrogen-bond acceptors (Lipinski definition) is 1. The summed E-state index contributed by atoms with van der Waals surface area (Å²) < 4.78 is 0. The zero-order valence-electron chi connectivity index (χ0n) is 4.43. The molecule has 0 fully saturated rings. The molecule has 2 nitrogen and oxygen atoms in total. The molecule has 0 aromatic rings. The number of carbonyl (C=O) groups is 1. The van der Waals surface area contributed by atoms with Crippen LogP contribution in [0.25, 0.3) is 0 Å². The molecular formula is CH2K3O2. The van der Waals surface area contributed by atoms with Crippen LogP contribution in [0, 0.1) is 0 Å². The summed E-state index contributed by atoms with van der Waals surface area (Å²) in [6, 6.07) is 0. The van der Waals surface area contributed by atoms with Crippen LogP contribution in [0.3, 0.4) is 0 Å². The van der Waals surface area contributed by atoms with E-state index in [1.54, 1.807) is 0 Å². The van der Waals surface area contributed by atoms with Crippen molar-refractivity contribution in [3.05, 3.63) is 0 Å². The Bertz CT molecular complexity index is 16.3. The maximum absolute atomic E-state index is 8.36.